The average molecular weight is 286 g/mol. The number of carbonyl (C=O) groups is 2. The van der Waals surface area contributed by atoms with Gasteiger partial charge in [-0.15, -0.1) is 0 Å². The van der Waals surface area contributed by atoms with E-state index in [0.717, 1.165) is 6.54 Å². The molecule has 21 heavy (non-hydrogen) atoms. The van der Waals surface area contributed by atoms with Crippen molar-refractivity contribution in [1.29, 1.82) is 0 Å². The summed E-state index contributed by atoms with van der Waals surface area (Å²) in [5.74, 6) is 0.0299. The molecule has 112 valence electrons. The van der Waals surface area contributed by atoms with Crippen molar-refractivity contribution >= 4 is 11.8 Å². The SMILES string of the molecule is CC(C)[C@@H]1C2C(=O)N(C)C(=O)C2CN1Cc1ccccc1. The molecule has 3 atom stereocenters. The van der Waals surface area contributed by atoms with Crippen molar-refractivity contribution in [2.45, 2.75) is 26.4 Å². The van der Waals surface area contributed by atoms with E-state index in [9.17, 15) is 9.59 Å². The molecule has 4 heteroatoms. The van der Waals surface area contributed by atoms with Crippen LogP contribution in [0.25, 0.3) is 0 Å². The van der Waals surface area contributed by atoms with E-state index in [1.165, 1.54) is 10.5 Å². The van der Waals surface area contributed by atoms with E-state index in [1.807, 2.05) is 18.2 Å². The lowest BCUT2D eigenvalue weighted by molar-refractivity contribution is -0.139. The summed E-state index contributed by atoms with van der Waals surface area (Å²) in [7, 11) is 1.61. The zero-order chi connectivity index (χ0) is 15.1. The minimum absolute atomic E-state index is 0.000684. The predicted octanol–water partition coefficient (Wildman–Crippen LogP) is 1.76. The summed E-state index contributed by atoms with van der Waals surface area (Å²) in [5.41, 5.74) is 1.23. The fourth-order valence-electron chi connectivity index (χ4n) is 3.91. The van der Waals surface area contributed by atoms with Crippen molar-refractivity contribution in [3.63, 3.8) is 0 Å². The molecule has 2 unspecified atom stereocenters. The molecular weight excluding hydrogens is 264 g/mol. The molecule has 3 rings (SSSR count). The standard InChI is InChI=1S/C17H22N2O2/c1-11(2)15-14-13(16(20)18(3)17(14)21)10-19(15)9-12-7-5-4-6-8-12/h4-8,11,13-15H,9-10H2,1-3H3/t13?,14?,15-/m1/s1. The Labute approximate surface area is 125 Å². The summed E-state index contributed by atoms with van der Waals surface area (Å²) >= 11 is 0. The van der Waals surface area contributed by atoms with E-state index >= 15 is 0 Å². The van der Waals surface area contributed by atoms with Crippen LogP contribution in [0.1, 0.15) is 19.4 Å². The van der Waals surface area contributed by atoms with Gasteiger partial charge in [0.05, 0.1) is 11.8 Å². The molecule has 0 N–H and O–H groups in total. The second-order valence-electron chi connectivity index (χ2n) is 6.52. The second-order valence-corrected chi connectivity index (χ2v) is 6.52. The van der Waals surface area contributed by atoms with Crippen molar-refractivity contribution < 1.29 is 9.59 Å². The molecule has 2 fully saturated rings. The molecule has 1 aromatic carbocycles. The monoisotopic (exact) mass is 286 g/mol. The average Bonchev–Trinajstić information content (AvgIpc) is 2.93. The van der Waals surface area contributed by atoms with Crippen LogP contribution >= 0.6 is 0 Å². The van der Waals surface area contributed by atoms with Gasteiger partial charge in [0.25, 0.3) is 0 Å². The minimum atomic E-state index is -0.161. The maximum Gasteiger partial charge on any atom is 0.234 e. The van der Waals surface area contributed by atoms with Crippen LogP contribution in [0, 0.1) is 17.8 Å². The van der Waals surface area contributed by atoms with Gasteiger partial charge < -0.3 is 0 Å². The zero-order valence-electron chi connectivity index (χ0n) is 12.8. The molecule has 0 aromatic heterocycles. The second kappa shape index (κ2) is 5.26. The van der Waals surface area contributed by atoms with Crippen LogP contribution in [0.4, 0.5) is 0 Å². The molecule has 0 bridgehead atoms. The number of hydrogen-bond acceptors (Lipinski definition) is 3. The Morgan fingerprint density at radius 1 is 1.14 bits per heavy atom. The Hall–Kier alpha value is -1.68. The Morgan fingerprint density at radius 3 is 2.43 bits per heavy atom. The van der Waals surface area contributed by atoms with E-state index in [1.54, 1.807) is 7.05 Å². The van der Waals surface area contributed by atoms with E-state index in [4.69, 9.17) is 0 Å². The quantitative estimate of drug-likeness (QED) is 0.795. The molecule has 0 radical (unpaired) electrons. The largest absolute Gasteiger partial charge is 0.294 e. The summed E-state index contributed by atoms with van der Waals surface area (Å²) in [4.78, 5) is 28.3. The number of fused-ring (bicyclic) bond motifs is 1. The number of benzene rings is 1. The summed E-state index contributed by atoms with van der Waals surface area (Å²) in [5, 5.41) is 0. The highest BCUT2D eigenvalue weighted by atomic mass is 16.2. The van der Waals surface area contributed by atoms with Crippen LogP contribution in [-0.4, -0.2) is 41.2 Å². The number of amides is 2. The molecule has 2 amide bonds. The van der Waals surface area contributed by atoms with E-state index in [2.05, 4.69) is 30.9 Å². The van der Waals surface area contributed by atoms with Crippen molar-refractivity contribution in [2.75, 3.05) is 13.6 Å². The third kappa shape index (κ3) is 2.27. The number of hydrogen-bond donors (Lipinski definition) is 0. The van der Waals surface area contributed by atoms with E-state index in [-0.39, 0.29) is 29.7 Å². The van der Waals surface area contributed by atoms with E-state index in [0.29, 0.717) is 12.5 Å². The first-order valence-corrected chi connectivity index (χ1v) is 7.60. The predicted molar refractivity (Wildman–Crippen MR) is 80.2 cm³/mol. The molecule has 0 aliphatic carbocycles. The van der Waals surface area contributed by atoms with Gasteiger partial charge in [0.2, 0.25) is 11.8 Å². The van der Waals surface area contributed by atoms with Gasteiger partial charge in [-0.1, -0.05) is 44.2 Å². The Bertz CT molecular complexity index is 555. The lowest BCUT2D eigenvalue weighted by atomic mass is 9.87. The number of likely N-dealkylation sites (tertiary alicyclic amines) is 2. The lowest BCUT2D eigenvalue weighted by Gasteiger charge is -2.31. The van der Waals surface area contributed by atoms with Crippen LogP contribution in [-0.2, 0) is 16.1 Å². The highest BCUT2D eigenvalue weighted by Gasteiger charge is 2.56. The van der Waals surface area contributed by atoms with Crippen LogP contribution in [0.3, 0.4) is 0 Å². The molecule has 0 saturated carbocycles. The summed E-state index contributed by atoms with van der Waals surface area (Å²) in [6.07, 6.45) is 0. The Morgan fingerprint density at radius 2 is 1.81 bits per heavy atom. The van der Waals surface area contributed by atoms with Crippen LogP contribution in [0.5, 0.6) is 0 Å². The first kappa shape index (κ1) is 14.3. The highest BCUT2D eigenvalue weighted by Crippen LogP contribution is 2.41. The van der Waals surface area contributed by atoms with Gasteiger partial charge in [-0.25, -0.2) is 0 Å². The number of rotatable bonds is 3. The van der Waals surface area contributed by atoms with Crippen molar-refractivity contribution in [2.24, 2.45) is 17.8 Å². The molecule has 2 saturated heterocycles. The zero-order valence-corrected chi connectivity index (χ0v) is 12.8. The third-order valence-corrected chi connectivity index (χ3v) is 4.83. The topological polar surface area (TPSA) is 40.6 Å². The van der Waals surface area contributed by atoms with Gasteiger partial charge in [0.1, 0.15) is 0 Å². The summed E-state index contributed by atoms with van der Waals surface area (Å²) in [6.45, 7) is 5.78. The Balaban J connectivity index is 1.86. The highest BCUT2D eigenvalue weighted by molar-refractivity contribution is 6.05. The maximum absolute atomic E-state index is 12.4. The van der Waals surface area contributed by atoms with Crippen molar-refractivity contribution in [3.8, 4) is 0 Å². The smallest absolute Gasteiger partial charge is 0.234 e. The Kier molecular flexibility index (Phi) is 3.57. The lowest BCUT2D eigenvalue weighted by Crippen LogP contribution is -2.41. The maximum atomic E-state index is 12.4. The van der Waals surface area contributed by atoms with Crippen LogP contribution < -0.4 is 0 Å². The van der Waals surface area contributed by atoms with Crippen molar-refractivity contribution in [1.82, 2.24) is 9.80 Å². The molecule has 2 aliphatic rings. The number of imide groups is 1. The third-order valence-electron chi connectivity index (χ3n) is 4.83. The fourth-order valence-corrected chi connectivity index (χ4v) is 3.91. The fraction of sp³-hybridized carbons (Fsp3) is 0.529. The molecular formula is C17H22N2O2. The summed E-state index contributed by atoms with van der Waals surface area (Å²) in [6, 6.07) is 10.4. The van der Waals surface area contributed by atoms with Gasteiger partial charge in [0.15, 0.2) is 0 Å². The van der Waals surface area contributed by atoms with Gasteiger partial charge >= 0.3 is 0 Å². The molecule has 2 aliphatic heterocycles. The summed E-state index contributed by atoms with van der Waals surface area (Å²) < 4.78 is 0. The van der Waals surface area contributed by atoms with Gasteiger partial charge in [0, 0.05) is 26.2 Å². The van der Waals surface area contributed by atoms with E-state index < -0.39 is 0 Å². The van der Waals surface area contributed by atoms with Crippen LogP contribution in [0.15, 0.2) is 30.3 Å². The van der Waals surface area contributed by atoms with Gasteiger partial charge in [-0.3, -0.25) is 19.4 Å². The number of carbonyl (C=O) groups excluding carboxylic acids is 2. The first-order chi connectivity index (χ1) is 10.0. The van der Waals surface area contributed by atoms with Crippen molar-refractivity contribution in [3.05, 3.63) is 35.9 Å². The van der Waals surface area contributed by atoms with Gasteiger partial charge in [-0.2, -0.15) is 0 Å². The number of nitrogens with zero attached hydrogens (tertiary/aromatic N) is 2. The minimum Gasteiger partial charge on any atom is -0.294 e. The van der Waals surface area contributed by atoms with Gasteiger partial charge in [-0.05, 0) is 11.5 Å². The first-order valence-electron chi connectivity index (χ1n) is 7.60. The molecule has 2 heterocycles. The normalized spacial score (nSPS) is 29.5. The van der Waals surface area contributed by atoms with Crippen LogP contribution in [0.2, 0.25) is 0 Å². The molecule has 0 spiro atoms. The molecule has 1 aromatic rings. The molecule has 4 nitrogen and oxygen atoms in total.